The number of carbonyl (C=O) groups is 1. The van der Waals surface area contributed by atoms with Gasteiger partial charge in [-0.1, -0.05) is 24.3 Å². The van der Waals surface area contributed by atoms with E-state index in [0.717, 1.165) is 5.56 Å². The summed E-state index contributed by atoms with van der Waals surface area (Å²) in [7, 11) is 0. The Balaban J connectivity index is 1.51. The molecule has 0 unspecified atom stereocenters. The number of nitrogens with zero attached hydrogens (tertiary/aromatic N) is 1. The summed E-state index contributed by atoms with van der Waals surface area (Å²) in [6, 6.07) is 16.9. The number of nitrogen functional groups attached to an aromatic ring is 1. The Morgan fingerprint density at radius 3 is 2.62 bits per heavy atom. The van der Waals surface area contributed by atoms with E-state index in [9.17, 15) is 18.0 Å². The standard InChI is InChI=1S/C23H21F3N4O2/c24-23(25,26)15-32-18-5-3-4-17(12-18)14-29-21-10-8-16(13-28-21)9-11-22(31)30-20-7-2-1-6-19(20)27/h1-13H,14-15,27H2,(H,28,29)(H,30,31)/b11-9+. The van der Waals surface area contributed by atoms with Crippen molar-refractivity contribution in [1.29, 1.82) is 0 Å². The van der Waals surface area contributed by atoms with Gasteiger partial charge in [-0.15, -0.1) is 0 Å². The monoisotopic (exact) mass is 442 g/mol. The lowest BCUT2D eigenvalue weighted by molar-refractivity contribution is -0.153. The fraction of sp³-hybridized carbons (Fsp3) is 0.130. The number of nitrogens with one attached hydrogen (secondary N) is 2. The number of anilines is 3. The van der Waals surface area contributed by atoms with Gasteiger partial charge in [0.2, 0.25) is 5.91 Å². The second kappa shape index (κ2) is 10.3. The average molecular weight is 442 g/mol. The zero-order valence-electron chi connectivity index (χ0n) is 16.9. The molecule has 0 aliphatic rings. The van der Waals surface area contributed by atoms with Crippen molar-refractivity contribution in [2.24, 2.45) is 0 Å². The van der Waals surface area contributed by atoms with Crippen molar-refractivity contribution in [3.8, 4) is 5.75 Å². The highest BCUT2D eigenvalue weighted by atomic mass is 19.4. The molecule has 0 atom stereocenters. The number of amides is 1. The number of benzene rings is 2. The minimum atomic E-state index is -4.38. The van der Waals surface area contributed by atoms with E-state index in [-0.39, 0.29) is 11.7 Å². The lowest BCUT2D eigenvalue weighted by atomic mass is 10.2. The molecule has 6 nitrogen and oxygen atoms in total. The van der Waals surface area contributed by atoms with Crippen LogP contribution in [0.1, 0.15) is 11.1 Å². The fourth-order valence-electron chi connectivity index (χ4n) is 2.67. The first-order valence-electron chi connectivity index (χ1n) is 9.60. The molecule has 2 aromatic carbocycles. The van der Waals surface area contributed by atoms with E-state index < -0.39 is 12.8 Å². The molecule has 9 heteroatoms. The fourth-order valence-corrected chi connectivity index (χ4v) is 2.67. The van der Waals surface area contributed by atoms with Gasteiger partial charge >= 0.3 is 6.18 Å². The van der Waals surface area contributed by atoms with Crippen LogP contribution < -0.4 is 21.1 Å². The molecular formula is C23H21F3N4O2. The van der Waals surface area contributed by atoms with Crippen LogP contribution in [0.4, 0.5) is 30.4 Å². The molecular weight excluding hydrogens is 421 g/mol. The highest BCUT2D eigenvalue weighted by Crippen LogP contribution is 2.20. The van der Waals surface area contributed by atoms with E-state index in [4.69, 9.17) is 10.5 Å². The first-order valence-corrected chi connectivity index (χ1v) is 9.60. The molecule has 32 heavy (non-hydrogen) atoms. The molecule has 0 aliphatic carbocycles. The maximum atomic E-state index is 12.3. The maximum Gasteiger partial charge on any atom is 0.422 e. The largest absolute Gasteiger partial charge is 0.484 e. The molecule has 1 heterocycles. The summed E-state index contributed by atoms with van der Waals surface area (Å²) in [6.07, 6.45) is 0.200. The first kappa shape index (κ1) is 22.7. The van der Waals surface area contributed by atoms with Gasteiger partial charge in [0.15, 0.2) is 6.61 Å². The summed E-state index contributed by atoms with van der Waals surface area (Å²) < 4.78 is 41.6. The van der Waals surface area contributed by atoms with E-state index in [2.05, 4.69) is 15.6 Å². The smallest absolute Gasteiger partial charge is 0.422 e. The number of nitrogens with two attached hydrogens (primary N) is 1. The van der Waals surface area contributed by atoms with Gasteiger partial charge in [-0.3, -0.25) is 4.79 Å². The number of alkyl halides is 3. The lowest BCUT2D eigenvalue weighted by Gasteiger charge is -2.11. The Labute approximate surface area is 182 Å². The highest BCUT2D eigenvalue weighted by Gasteiger charge is 2.28. The Morgan fingerprint density at radius 1 is 1.09 bits per heavy atom. The van der Waals surface area contributed by atoms with Crippen molar-refractivity contribution < 1.29 is 22.7 Å². The normalized spacial score (nSPS) is 11.3. The van der Waals surface area contributed by atoms with Gasteiger partial charge in [-0.2, -0.15) is 13.2 Å². The topological polar surface area (TPSA) is 89.3 Å². The lowest BCUT2D eigenvalue weighted by Crippen LogP contribution is -2.19. The van der Waals surface area contributed by atoms with Crippen molar-refractivity contribution in [3.63, 3.8) is 0 Å². The summed E-state index contributed by atoms with van der Waals surface area (Å²) in [6.45, 7) is -0.983. The Hall–Kier alpha value is -4.01. The minimum absolute atomic E-state index is 0.144. The summed E-state index contributed by atoms with van der Waals surface area (Å²) in [4.78, 5) is 16.3. The van der Waals surface area contributed by atoms with E-state index in [1.165, 1.54) is 18.2 Å². The second-order valence-corrected chi connectivity index (χ2v) is 6.79. The van der Waals surface area contributed by atoms with Crippen molar-refractivity contribution >= 4 is 29.2 Å². The number of halogens is 3. The van der Waals surface area contributed by atoms with E-state index >= 15 is 0 Å². The third kappa shape index (κ3) is 7.35. The quantitative estimate of drug-likeness (QED) is 0.342. The minimum Gasteiger partial charge on any atom is -0.484 e. The zero-order chi connectivity index (χ0) is 23.0. The molecule has 4 N–H and O–H groups in total. The third-order valence-corrected chi connectivity index (χ3v) is 4.21. The van der Waals surface area contributed by atoms with Gasteiger partial charge in [-0.05, 0) is 53.6 Å². The van der Waals surface area contributed by atoms with Gasteiger partial charge in [0, 0.05) is 18.8 Å². The number of ether oxygens (including phenoxy) is 1. The van der Waals surface area contributed by atoms with Crippen LogP contribution in [0.25, 0.3) is 6.08 Å². The summed E-state index contributed by atoms with van der Waals surface area (Å²) >= 11 is 0. The zero-order valence-corrected chi connectivity index (χ0v) is 16.9. The molecule has 0 saturated heterocycles. The van der Waals surface area contributed by atoms with Crippen molar-refractivity contribution in [1.82, 2.24) is 4.98 Å². The molecule has 3 rings (SSSR count). The van der Waals surface area contributed by atoms with Gasteiger partial charge in [-0.25, -0.2) is 4.98 Å². The number of hydrogen-bond acceptors (Lipinski definition) is 5. The Morgan fingerprint density at radius 2 is 1.91 bits per heavy atom. The van der Waals surface area contributed by atoms with E-state index in [1.807, 2.05) is 0 Å². The van der Waals surface area contributed by atoms with Crippen LogP contribution in [0.15, 0.2) is 72.9 Å². The SMILES string of the molecule is Nc1ccccc1NC(=O)/C=C/c1ccc(NCc2cccc(OCC(F)(F)F)c2)nc1. The van der Waals surface area contributed by atoms with Crippen LogP contribution in [0.2, 0.25) is 0 Å². The number of para-hydroxylation sites is 2. The van der Waals surface area contributed by atoms with Crippen LogP contribution in [-0.4, -0.2) is 23.7 Å². The number of rotatable bonds is 8. The molecule has 0 spiro atoms. The molecule has 0 bridgehead atoms. The number of aromatic nitrogens is 1. The molecule has 0 aliphatic heterocycles. The van der Waals surface area contributed by atoms with E-state index in [0.29, 0.717) is 29.3 Å². The molecule has 0 radical (unpaired) electrons. The van der Waals surface area contributed by atoms with Crippen LogP contribution in [0.5, 0.6) is 5.75 Å². The van der Waals surface area contributed by atoms with Crippen LogP contribution in [0.3, 0.4) is 0 Å². The Kier molecular flexibility index (Phi) is 7.33. The van der Waals surface area contributed by atoms with Gasteiger partial charge < -0.3 is 21.1 Å². The summed E-state index contributed by atoms with van der Waals surface area (Å²) in [5.41, 5.74) is 8.27. The maximum absolute atomic E-state index is 12.3. The highest BCUT2D eigenvalue weighted by molar-refractivity contribution is 6.03. The third-order valence-electron chi connectivity index (χ3n) is 4.21. The number of carbonyl (C=O) groups excluding carboxylic acids is 1. The van der Waals surface area contributed by atoms with Gasteiger partial charge in [0.05, 0.1) is 11.4 Å². The number of pyridine rings is 1. The molecule has 0 fully saturated rings. The molecule has 0 saturated carbocycles. The number of hydrogen-bond donors (Lipinski definition) is 3. The summed E-state index contributed by atoms with van der Waals surface area (Å²) in [5, 5.41) is 5.78. The second-order valence-electron chi connectivity index (χ2n) is 6.79. The molecule has 3 aromatic rings. The van der Waals surface area contributed by atoms with Crippen molar-refractivity contribution in [3.05, 3.63) is 84.1 Å². The van der Waals surface area contributed by atoms with Gasteiger partial charge in [0.1, 0.15) is 11.6 Å². The average Bonchev–Trinajstić information content (AvgIpc) is 2.77. The van der Waals surface area contributed by atoms with Crippen molar-refractivity contribution in [2.75, 3.05) is 23.0 Å². The Bertz CT molecular complexity index is 1080. The first-order chi connectivity index (χ1) is 15.3. The summed E-state index contributed by atoms with van der Waals surface area (Å²) in [5.74, 6) is 0.397. The van der Waals surface area contributed by atoms with Crippen LogP contribution in [0, 0.1) is 0 Å². The van der Waals surface area contributed by atoms with Crippen LogP contribution >= 0.6 is 0 Å². The van der Waals surface area contributed by atoms with E-state index in [1.54, 1.807) is 60.8 Å². The van der Waals surface area contributed by atoms with Crippen molar-refractivity contribution in [2.45, 2.75) is 12.7 Å². The molecule has 166 valence electrons. The predicted octanol–water partition coefficient (Wildman–Crippen LogP) is 4.87. The van der Waals surface area contributed by atoms with Gasteiger partial charge in [0.25, 0.3) is 0 Å². The predicted molar refractivity (Wildman–Crippen MR) is 118 cm³/mol. The molecule has 1 amide bonds. The molecule has 1 aromatic heterocycles. The van der Waals surface area contributed by atoms with Crippen LogP contribution in [-0.2, 0) is 11.3 Å².